The molecule has 0 bridgehead atoms. The lowest BCUT2D eigenvalue weighted by Gasteiger charge is -2.19. The van der Waals surface area contributed by atoms with Crippen molar-refractivity contribution in [3.8, 4) is 0 Å². The number of pyridine rings is 1. The van der Waals surface area contributed by atoms with Crippen molar-refractivity contribution >= 4 is 11.6 Å². The second-order valence-corrected chi connectivity index (χ2v) is 5.11. The number of nitrogens with zero attached hydrogens (tertiary/aromatic N) is 2. The number of nitrogens with two attached hydrogens (primary N) is 1. The molecule has 1 aromatic carbocycles. The highest BCUT2D eigenvalue weighted by Crippen LogP contribution is 2.32. The molecule has 1 fully saturated rings. The molecule has 6 heteroatoms. The lowest BCUT2D eigenvalue weighted by atomic mass is 9.99. The van der Waals surface area contributed by atoms with Crippen molar-refractivity contribution in [3.05, 3.63) is 53.6 Å². The first kappa shape index (κ1) is 13.8. The van der Waals surface area contributed by atoms with E-state index in [1.807, 2.05) is 23.1 Å². The maximum Gasteiger partial charge on any atom is 0.178 e. The van der Waals surface area contributed by atoms with E-state index in [1.54, 1.807) is 0 Å². The van der Waals surface area contributed by atoms with Crippen LogP contribution in [0.4, 0.5) is 20.4 Å². The molecule has 0 aliphatic carbocycles. The van der Waals surface area contributed by atoms with E-state index in [2.05, 4.69) is 22.5 Å². The average Bonchev–Trinajstić information content (AvgIpc) is 2.98. The Balaban J connectivity index is 1.83. The van der Waals surface area contributed by atoms with Crippen LogP contribution in [0.15, 0.2) is 36.4 Å². The molecule has 0 amide bonds. The SMILES string of the molecule is NNc1nc(N2CCC(c3ccccc3)C2)c(F)cc1F. The van der Waals surface area contributed by atoms with Gasteiger partial charge in [0.05, 0.1) is 0 Å². The predicted octanol–water partition coefficient (Wildman–Crippen LogP) is 2.64. The number of hydrazine groups is 1. The first-order valence-corrected chi connectivity index (χ1v) is 6.81. The molecule has 1 aromatic heterocycles. The average molecular weight is 290 g/mol. The van der Waals surface area contributed by atoms with Gasteiger partial charge in [0.25, 0.3) is 0 Å². The van der Waals surface area contributed by atoms with Crippen LogP contribution >= 0.6 is 0 Å². The molecule has 4 nitrogen and oxygen atoms in total. The molecule has 2 heterocycles. The van der Waals surface area contributed by atoms with Gasteiger partial charge in [-0.1, -0.05) is 30.3 Å². The van der Waals surface area contributed by atoms with Gasteiger partial charge in [-0.15, -0.1) is 0 Å². The van der Waals surface area contributed by atoms with Crippen molar-refractivity contribution in [2.75, 3.05) is 23.4 Å². The molecule has 0 spiro atoms. The number of benzene rings is 1. The number of hydrogen-bond acceptors (Lipinski definition) is 4. The predicted molar refractivity (Wildman–Crippen MR) is 78.0 cm³/mol. The Kier molecular flexibility index (Phi) is 3.70. The molecule has 0 saturated carbocycles. The summed E-state index contributed by atoms with van der Waals surface area (Å²) in [4.78, 5) is 5.77. The van der Waals surface area contributed by atoms with E-state index in [0.717, 1.165) is 12.5 Å². The second kappa shape index (κ2) is 5.65. The molecule has 3 rings (SSSR count). The number of nitrogen functional groups attached to an aromatic ring is 1. The number of halogens is 2. The second-order valence-electron chi connectivity index (χ2n) is 5.11. The van der Waals surface area contributed by atoms with Gasteiger partial charge in [-0.3, -0.25) is 0 Å². The van der Waals surface area contributed by atoms with Crippen LogP contribution in [0.5, 0.6) is 0 Å². The summed E-state index contributed by atoms with van der Waals surface area (Å²) in [6.07, 6.45) is 0.911. The van der Waals surface area contributed by atoms with Crippen LogP contribution in [0.3, 0.4) is 0 Å². The minimum absolute atomic E-state index is 0.141. The molecule has 21 heavy (non-hydrogen) atoms. The monoisotopic (exact) mass is 290 g/mol. The van der Waals surface area contributed by atoms with Crippen molar-refractivity contribution in [1.82, 2.24) is 4.98 Å². The fourth-order valence-electron chi connectivity index (χ4n) is 2.73. The van der Waals surface area contributed by atoms with E-state index in [4.69, 9.17) is 5.84 Å². The lowest BCUT2D eigenvalue weighted by Crippen LogP contribution is -2.23. The highest BCUT2D eigenvalue weighted by molar-refractivity contribution is 5.50. The van der Waals surface area contributed by atoms with Crippen molar-refractivity contribution in [1.29, 1.82) is 0 Å². The molecule has 1 aliphatic heterocycles. The van der Waals surface area contributed by atoms with Gasteiger partial charge in [-0.05, 0) is 12.0 Å². The van der Waals surface area contributed by atoms with Gasteiger partial charge >= 0.3 is 0 Å². The quantitative estimate of drug-likeness (QED) is 0.674. The molecule has 1 atom stereocenters. The number of hydrogen-bond donors (Lipinski definition) is 2. The molecule has 2 aromatic rings. The topological polar surface area (TPSA) is 54.2 Å². The summed E-state index contributed by atoms with van der Waals surface area (Å²) in [5.41, 5.74) is 3.37. The third kappa shape index (κ3) is 2.67. The van der Waals surface area contributed by atoms with Crippen molar-refractivity contribution in [2.45, 2.75) is 12.3 Å². The molecular formula is C15H16F2N4. The molecule has 3 N–H and O–H groups in total. The van der Waals surface area contributed by atoms with Crippen molar-refractivity contribution in [2.24, 2.45) is 5.84 Å². The number of nitrogens with one attached hydrogen (secondary N) is 1. The van der Waals surface area contributed by atoms with Crippen LogP contribution in [0, 0.1) is 11.6 Å². The highest BCUT2D eigenvalue weighted by atomic mass is 19.1. The summed E-state index contributed by atoms with van der Waals surface area (Å²) in [6.45, 7) is 1.34. The summed E-state index contributed by atoms with van der Waals surface area (Å²) >= 11 is 0. The van der Waals surface area contributed by atoms with Gasteiger partial charge in [0.15, 0.2) is 23.3 Å². The van der Waals surface area contributed by atoms with Crippen LogP contribution in [-0.2, 0) is 0 Å². The van der Waals surface area contributed by atoms with E-state index >= 15 is 0 Å². The lowest BCUT2D eigenvalue weighted by molar-refractivity contribution is 0.573. The molecule has 0 radical (unpaired) electrons. The first-order chi connectivity index (χ1) is 10.2. The van der Waals surface area contributed by atoms with Crippen LogP contribution in [0.25, 0.3) is 0 Å². The molecule has 1 saturated heterocycles. The molecule has 110 valence electrons. The van der Waals surface area contributed by atoms with Crippen LogP contribution in [-0.4, -0.2) is 18.1 Å². The Hall–Kier alpha value is -2.21. The minimum atomic E-state index is -0.794. The minimum Gasteiger partial charge on any atom is -0.353 e. The Morgan fingerprint density at radius 1 is 1.19 bits per heavy atom. The zero-order chi connectivity index (χ0) is 14.8. The Morgan fingerprint density at radius 2 is 1.95 bits per heavy atom. The van der Waals surface area contributed by atoms with Gasteiger partial charge in [0.1, 0.15) is 0 Å². The zero-order valence-corrected chi connectivity index (χ0v) is 11.4. The highest BCUT2D eigenvalue weighted by Gasteiger charge is 2.27. The van der Waals surface area contributed by atoms with Crippen LogP contribution in [0.1, 0.15) is 17.9 Å². The normalized spacial score (nSPS) is 18.0. The smallest absolute Gasteiger partial charge is 0.178 e. The fourth-order valence-corrected chi connectivity index (χ4v) is 2.73. The summed E-state index contributed by atoms with van der Waals surface area (Å²) in [5, 5.41) is 0. The summed E-state index contributed by atoms with van der Waals surface area (Å²) in [5.74, 6) is 4.06. The zero-order valence-electron chi connectivity index (χ0n) is 11.4. The third-order valence-corrected chi connectivity index (χ3v) is 3.81. The van der Waals surface area contributed by atoms with Gasteiger partial charge < -0.3 is 10.3 Å². The standard InChI is InChI=1S/C15H16F2N4/c16-12-8-13(17)15(19-14(12)20-18)21-7-6-11(9-21)10-4-2-1-3-5-10/h1-5,8,11H,6-7,9,18H2,(H,19,20). The Bertz CT molecular complexity index is 633. The van der Waals surface area contributed by atoms with E-state index in [9.17, 15) is 8.78 Å². The summed E-state index contributed by atoms with van der Waals surface area (Å²) in [6, 6.07) is 10.9. The third-order valence-electron chi connectivity index (χ3n) is 3.81. The van der Waals surface area contributed by atoms with E-state index in [-0.39, 0.29) is 11.6 Å². The molecule has 1 unspecified atom stereocenters. The number of rotatable bonds is 3. The molecule has 1 aliphatic rings. The van der Waals surface area contributed by atoms with Gasteiger partial charge in [-0.25, -0.2) is 19.6 Å². The van der Waals surface area contributed by atoms with Crippen molar-refractivity contribution in [3.63, 3.8) is 0 Å². The van der Waals surface area contributed by atoms with Crippen LogP contribution < -0.4 is 16.2 Å². The van der Waals surface area contributed by atoms with E-state index < -0.39 is 11.6 Å². The Labute approximate surface area is 121 Å². The Morgan fingerprint density at radius 3 is 2.67 bits per heavy atom. The van der Waals surface area contributed by atoms with Crippen LogP contribution in [0.2, 0.25) is 0 Å². The fraction of sp³-hybridized carbons (Fsp3) is 0.267. The van der Waals surface area contributed by atoms with Gasteiger partial charge in [-0.2, -0.15) is 0 Å². The van der Waals surface area contributed by atoms with Gasteiger partial charge in [0.2, 0.25) is 0 Å². The maximum atomic E-state index is 13.9. The molecular weight excluding hydrogens is 274 g/mol. The van der Waals surface area contributed by atoms with Gasteiger partial charge in [0, 0.05) is 25.1 Å². The first-order valence-electron chi connectivity index (χ1n) is 6.81. The summed E-state index contributed by atoms with van der Waals surface area (Å²) in [7, 11) is 0. The largest absolute Gasteiger partial charge is 0.353 e. The number of anilines is 2. The van der Waals surface area contributed by atoms with Crippen molar-refractivity contribution < 1.29 is 8.78 Å². The summed E-state index contributed by atoms with van der Waals surface area (Å²) < 4.78 is 27.3. The van der Waals surface area contributed by atoms with E-state index in [1.165, 1.54) is 5.56 Å². The number of aromatic nitrogens is 1. The maximum absolute atomic E-state index is 13.9. The van der Waals surface area contributed by atoms with E-state index in [0.29, 0.717) is 19.0 Å².